The monoisotopic (exact) mass is 250 g/mol. The predicted octanol–water partition coefficient (Wildman–Crippen LogP) is 3.76. The second-order valence-corrected chi connectivity index (χ2v) is 6.59. The summed E-state index contributed by atoms with van der Waals surface area (Å²) in [5.74, 6) is 0. The van der Waals surface area contributed by atoms with Gasteiger partial charge in [-0.2, -0.15) is 0 Å². The second-order valence-electron chi connectivity index (χ2n) is 5.79. The molecule has 1 nitrogen and oxygen atoms in total. The molecule has 0 radical (unpaired) electrons. The summed E-state index contributed by atoms with van der Waals surface area (Å²) in [5, 5.41) is 9.25. The van der Waals surface area contributed by atoms with Crippen LogP contribution >= 0.6 is 11.6 Å². The van der Waals surface area contributed by atoms with Crippen LogP contribution in [0.2, 0.25) is 0 Å². The first-order valence-electron chi connectivity index (χ1n) is 6.55. The lowest BCUT2D eigenvalue weighted by Gasteiger charge is -2.51. The van der Waals surface area contributed by atoms with Crippen molar-refractivity contribution in [3.05, 3.63) is 35.4 Å². The molecule has 0 aliphatic heterocycles. The molecule has 3 aliphatic rings. The molecule has 4 rings (SSSR count). The van der Waals surface area contributed by atoms with E-state index in [1.54, 1.807) is 0 Å². The first-order chi connectivity index (χ1) is 8.16. The van der Waals surface area contributed by atoms with Crippen LogP contribution in [0.1, 0.15) is 49.7 Å². The Balaban J connectivity index is 1.93. The molecule has 1 aromatic carbocycles. The van der Waals surface area contributed by atoms with E-state index in [1.807, 2.05) is 6.07 Å². The summed E-state index contributed by atoms with van der Waals surface area (Å²) in [6.45, 7) is 0.142. The Bertz CT molecular complexity index is 402. The maximum atomic E-state index is 9.25. The van der Waals surface area contributed by atoms with Crippen molar-refractivity contribution >= 4 is 11.6 Å². The van der Waals surface area contributed by atoms with E-state index in [9.17, 15) is 5.11 Å². The minimum atomic E-state index is 0.107. The molecule has 2 bridgehead atoms. The summed E-state index contributed by atoms with van der Waals surface area (Å²) in [6.07, 6.45) is 7.09. The van der Waals surface area contributed by atoms with E-state index in [1.165, 1.54) is 24.8 Å². The second kappa shape index (κ2) is 4.00. The molecule has 0 heterocycles. The molecule has 0 amide bonds. The average Bonchev–Trinajstić information content (AvgIpc) is 2.40. The van der Waals surface area contributed by atoms with E-state index in [0.29, 0.717) is 5.41 Å². The lowest BCUT2D eigenvalue weighted by molar-refractivity contribution is 0.154. The fourth-order valence-electron chi connectivity index (χ4n) is 3.57. The fourth-order valence-corrected chi connectivity index (χ4v) is 3.86. The lowest BCUT2D eigenvalue weighted by atomic mass is 9.57. The molecular weight excluding hydrogens is 232 g/mol. The van der Waals surface area contributed by atoms with Gasteiger partial charge in [0.05, 0.1) is 6.61 Å². The summed E-state index contributed by atoms with van der Waals surface area (Å²) in [5.41, 5.74) is 2.80. The Kier molecular flexibility index (Phi) is 2.72. The Morgan fingerprint density at radius 3 is 2.29 bits per heavy atom. The topological polar surface area (TPSA) is 20.2 Å². The number of rotatable bonds is 2. The number of aliphatic hydroxyl groups is 1. The standard InChI is InChI=1S/C15H19ClO/c16-15-7-4-14(5-8-15,6-9-15)13-3-1-2-12(10-13)11-17/h1-3,10,17H,4-9,11H2. The van der Waals surface area contributed by atoms with E-state index >= 15 is 0 Å². The summed E-state index contributed by atoms with van der Waals surface area (Å²) in [6, 6.07) is 8.49. The minimum Gasteiger partial charge on any atom is -0.392 e. The number of alkyl halides is 1. The molecule has 0 spiro atoms. The van der Waals surface area contributed by atoms with E-state index in [2.05, 4.69) is 18.2 Å². The summed E-state index contributed by atoms with van der Waals surface area (Å²) in [7, 11) is 0. The van der Waals surface area contributed by atoms with Gasteiger partial charge in [0.1, 0.15) is 0 Å². The molecule has 3 saturated carbocycles. The van der Waals surface area contributed by atoms with Gasteiger partial charge in [0.15, 0.2) is 0 Å². The lowest BCUT2D eigenvalue weighted by Crippen LogP contribution is -2.45. The molecule has 3 aliphatic carbocycles. The normalized spacial score (nSPS) is 36.1. The minimum absolute atomic E-state index is 0.107. The maximum Gasteiger partial charge on any atom is 0.0681 e. The van der Waals surface area contributed by atoms with Gasteiger partial charge in [-0.05, 0) is 55.1 Å². The van der Waals surface area contributed by atoms with Gasteiger partial charge in [0.25, 0.3) is 0 Å². The van der Waals surface area contributed by atoms with Crippen LogP contribution in [0.25, 0.3) is 0 Å². The van der Waals surface area contributed by atoms with Crippen LogP contribution in [0.5, 0.6) is 0 Å². The van der Waals surface area contributed by atoms with Crippen molar-refractivity contribution < 1.29 is 5.11 Å². The average molecular weight is 251 g/mol. The Morgan fingerprint density at radius 2 is 1.71 bits per heavy atom. The van der Waals surface area contributed by atoms with Crippen molar-refractivity contribution in [2.24, 2.45) is 0 Å². The number of aliphatic hydroxyl groups excluding tert-OH is 1. The van der Waals surface area contributed by atoms with Gasteiger partial charge in [-0.3, -0.25) is 0 Å². The Morgan fingerprint density at radius 1 is 1.06 bits per heavy atom. The first-order valence-corrected chi connectivity index (χ1v) is 6.93. The third kappa shape index (κ3) is 1.90. The highest BCUT2D eigenvalue weighted by Gasteiger charge is 2.48. The van der Waals surface area contributed by atoms with Crippen molar-refractivity contribution in [2.75, 3.05) is 0 Å². The Hall–Kier alpha value is -0.530. The third-order valence-corrected chi connectivity index (χ3v) is 5.44. The highest BCUT2D eigenvalue weighted by atomic mass is 35.5. The van der Waals surface area contributed by atoms with Crippen molar-refractivity contribution in [3.63, 3.8) is 0 Å². The van der Waals surface area contributed by atoms with Gasteiger partial charge in [0.2, 0.25) is 0 Å². The smallest absolute Gasteiger partial charge is 0.0681 e. The van der Waals surface area contributed by atoms with Crippen LogP contribution in [0.4, 0.5) is 0 Å². The molecular formula is C15H19ClO. The molecule has 1 aromatic rings. The van der Waals surface area contributed by atoms with Crippen LogP contribution < -0.4 is 0 Å². The maximum absolute atomic E-state index is 9.25. The van der Waals surface area contributed by atoms with E-state index in [-0.39, 0.29) is 11.5 Å². The molecule has 3 fully saturated rings. The molecule has 0 aromatic heterocycles. The zero-order chi connectivity index (χ0) is 11.9. The van der Waals surface area contributed by atoms with E-state index in [4.69, 9.17) is 11.6 Å². The Labute approximate surface area is 108 Å². The quantitative estimate of drug-likeness (QED) is 0.793. The van der Waals surface area contributed by atoms with Crippen LogP contribution in [0, 0.1) is 0 Å². The predicted molar refractivity (Wildman–Crippen MR) is 70.3 cm³/mol. The fraction of sp³-hybridized carbons (Fsp3) is 0.600. The summed E-state index contributed by atoms with van der Waals surface area (Å²) in [4.78, 5) is 0.107. The van der Waals surface area contributed by atoms with Crippen molar-refractivity contribution in [1.29, 1.82) is 0 Å². The molecule has 1 N–H and O–H groups in total. The van der Waals surface area contributed by atoms with Crippen molar-refractivity contribution in [1.82, 2.24) is 0 Å². The van der Waals surface area contributed by atoms with E-state index in [0.717, 1.165) is 24.8 Å². The van der Waals surface area contributed by atoms with Crippen LogP contribution in [0.15, 0.2) is 24.3 Å². The number of halogens is 1. The number of fused-ring (bicyclic) bond motifs is 3. The largest absolute Gasteiger partial charge is 0.392 e. The van der Waals surface area contributed by atoms with Crippen LogP contribution in [-0.4, -0.2) is 9.98 Å². The van der Waals surface area contributed by atoms with Gasteiger partial charge in [-0.25, -0.2) is 0 Å². The molecule has 2 heteroatoms. The molecule has 0 atom stereocenters. The highest BCUT2D eigenvalue weighted by Crippen LogP contribution is 2.56. The van der Waals surface area contributed by atoms with Crippen LogP contribution in [-0.2, 0) is 12.0 Å². The summed E-state index contributed by atoms with van der Waals surface area (Å²) < 4.78 is 0. The van der Waals surface area contributed by atoms with Crippen LogP contribution in [0.3, 0.4) is 0 Å². The molecule has 0 unspecified atom stereocenters. The molecule has 0 saturated heterocycles. The van der Waals surface area contributed by atoms with Gasteiger partial charge in [-0.1, -0.05) is 24.3 Å². The van der Waals surface area contributed by atoms with Gasteiger partial charge >= 0.3 is 0 Å². The SMILES string of the molecule is OCc1cccc(C23CCC(Cl)(CC2)CC3)c1. The van der Waals surface area contributed by atoms with Crippen molar-refractivity contribution in [2.45, 2.75) is 55.4 Å². The first kappa shape index (κ1) is 11.6. The molecule has 92 valence electrons. The number of hydrogen-bond donors (Lipinski definition) is 1. The van der Waals surface area contributed by atoms with Crippen molar-refractivity contribution in [3.8, 4) is 0 Å². The number of hydrogen-bond acceptors (Lipinski definition) is 1. The van der Waals surface area contributed by atoms with E-state index < -0.39 is 0 Å². The molecule has 17 heavy (non-hydrogen) atoms. The van der Waals surface area contributed by atoms with Gasteiger partial charge < -0.3 is 5.11 Å². The van der Waals surface area contributed by atoms with Gasteiger partial charge in [0, 0.05) is 4.87 Å². The zero-order valence-electron chi connectivity index (χ0n) is 10.1. The van der Waals surface area contributed by atoms with Gasteiger partial charge in [-0.15, -0.1) is 11.6 Å². The summed E-state index contributed by atoms with van der Waals surface area (Å²) >= 11 is 6.57. The zero-order valence-corrected chi connectivity index (χ0v) is 10.8. The highest BCUT2D eigenvalue weighted by molar-refractivity contribution is 6.24. The third-order valence-electron chi connectivity index (χ3n) is 4.88. The number of benzene rings is 1.